The summed E-state index contributed by atoms with van der Waals surface area (Å²) in [7, 11) is 0. The van der Waals surface area contributed by atoms with Crippen molar-refractivity contribution in [1.29, 1.82) is 0 Å². The smallest absolute Gasteiger partial charge is 0.217 e. The van der Waals surface area contributed by atoms with Crippen molar-refractivity contribution < 1.29 is 9.13 Å². The molecule has 5 nitrogen and oxygen atoms in total. The van der Waals surface area contributed by atoms with Crippen molar-refractivity contribution in [2.24, 2.45) is 4.99 Å². The number of hydrogen-bond donors (Lipinski definition) is 0. The third-order valence-electron chi connectivity index (χ3n) is 5.02. The summed E-state index contributed by atoms with van der Waals surface area (Å²) in [4.78, 5) is 8.96. The second kappa shape index (κ2) is 7.25. The minimum absolute atomic E-state index is 0.281. The Morgan fingerprint density at radius 3 is 2.48 bits per heavy atom. The topological polar surface area (TPSA) is 52.3 Å². The molecule has 3 heterocycles. The molecule has 0 spiro atoms. The van der Waals surface area contributed by atoms with Crippen LogP contribution in [-0.4, -0.2) is 27.3 Å². The molecule has 0 N–H and O–H groups in total. The predicted molar refractivity (Wildman–Crippen MR) is 110 cm³/mol. The zero-order chi connectivity index (χ0) is 19.7. The van der Waals surface area contributed by atoms with Crippen molar-refractivity contribution in [2.75, 3.05) is 6.61 Å². The summed E-state index contributed by atoms with van der Waals surface area (Å²) in [6.45, 7) is 0.801. The first-order valence-corrected chi connectivity index (χ1v) is 10.1. The van der Waals surface area contributed by atoms with Crippen LogP contribution in [0.5, 0.6) is 0 Å². The number of hydrogen-bond acceptors (Lipinski definition) is 5. The van der Waals surface area contributed by atoms with Crippen LogP contribution in [0, 0.1) is 5.82 Å². The summed E-state index contributed by atoms with van der Waals surface area (Å²) < 4.78 is 21.2. The van der Waals surface area contributed by atoms with Crippen molar-refractivity contribution in [3.63, 3.8) is 0 Å². The van der Waals surface area contributed by atoms with Crippen molar-refractivity contribution in [2.45, 2.75) is 12.1 Å². The Bertz CT molecular complexity index is 1120. The highest BCUT2D eigenvalue weighted by Gasteiger charge is 2.39. The second-order valence-corrected chi connectivity index (χ2v) is 7.71. The SMILES string of the molecule is Fc1ccc(C2(Cn3cncn3)COC(c3ccc(-c4ccsc4)cc3)=N2)cc1. The van der Waals surface area contributed by atoms with Gasteiger partial charge in [0.25, 0.3) is 0 Å². The van der Waals surface area contributed by atoms with E-state index in [0.29, 0.717) is 19.0 Å². The monoisotopic (exact) mass is 404 g/mol. The molecule has 2 aromatic heterocycles. The van der Waals surface area contributed by atoms with Crippen molar-refractivity contribution in [3.8, 4) is 11.1 Å². The minimum atomic E-state index is -0.692. The van der Waals surface area contributed by atoms with Crippen LogP contribution in [0.1, 0.15) is 11.1 Å². The molecular formula is C22H17FN4OS. The van der Waals surface area contributed by atoms with Crippen LogP contribution in [-0.2, 0) is 16.8 Å². The van der Waals surface area contributed by atoms with Gasteiger partial charge in [-0.3, -0.25) is 4.68 Å². The highest BCUT2D eigenvalue weighted by molar-refractivity contribution is 7.08. The lowest BCUT2D eigenvalue weighted by atomic mass is 9.91. The first-order chi connectivity index (χ1) is 14.2. The molecule has 1 atom stereocenters. The zero-order valence-electron chi connectivity index (χ0n) is 15.4. The molecule has 0 bridgehead atoms. The number of benzene rings is 2. The fraction of sp³-hybridized carbons (Fsp3) is 0.136. The van der Waals surface area contributed by atoms with E-state index in [2.05, 4.69) is 39.0 Å². The summed E-state index contributed by atoms with van der Waals surface area (Å²) in [5.74, 6) is 0.295. The Morgan fingerprint density at radius 2 is 1.79 bits per heavy atom. The van der Waals surface area contributed by atoms with Crippen LogP contribution in [0.15, 0.2) is 83.0 Å². The maximum Gasteiger partial charge on any atom is 0.217 e. The van der Waals surface area contributed by atoms with E-state index in [1.165, 1.54) is 24.0 Å². The lowest BCUT2D eigenvalue weighted by molar-refractivity contribution is 0.230. The standard InChI is InChI=1S/C22H17FN4OS/c23-20-7-5-19(6-8-20)22(12-27-15-24-14-25-27)13-28-21(26-22)17-3-1-16(2-4-17)18-9-10-29-11-18/h1-11,14-15H,12-13H2. The largest absolute Gasteiger partial charge is 0.474 e. The average Bonchev–Trinajstić information content (AvgIpc) is 3.52. The summed E-state index contributed by atoms with van der Waals surface area (Å²) in [6, 6.07) is 16.7. The number of rotatable bonds is 5. The molecule has 1 unspecified atom stereocenters. The average molecular weight is 404 g/mol. The van der Waals surface area contributed by atoms with E-state index in [9.17, 15) is 4.39 Å². The maximum atomic E-state index is 13.5. The van der Waals surface area contributed by atoms with E-state index in [1.807, 2.05) is 12.1 Å². The normalized spacial score (nSPS) is 18.4. The van der Waals surface area contributed by atoms with Gasteiger partial charge >= 0.3 is 0 Å². The lowest BCUT2D eigenvalue weighted by Gasteiger charge is -2.24. The van der Waals surface area contributed by atoms with Gasteiger partial charge < -0.3 is 4.74 Å². The second-order valence-electron chi connectivity index (χ2n) is 6.93. The Kier molecular flexibility index (Phi) is 4.44. The van der Waals surface area contributed by atoms with Crippen LogP contribution in [0.25, 0.3) is 11.1 Å². The Morgan fingerprint density at radius 1 is 1.00 bits per heavy atom. The van der Waals surface area contributed by atoms with Crippen molar-refractivity contribution in [3.05, 3.63) is 95.0 Å². The third kappa shape index (κ3) is 3.45. The van der Waals surface area contributed by atoms with Crippen molar-refractivity contribution in [1.82, 2.24) is 14.8 Å². The summed E-state index contributed by atoms with van der Waals surface area (Å²) in [5.41, 5.74) is 3.44. The molecule has 7 heteroatoms. The van der Waals surface area contributed by atoms with Gasteiger partial charge in [-0.15, -0.1) is 0 Å². The molecule has 1 aliphatic heterocycles. The fourth-order valence-corrected chi connectivity index (χ4v) is 4.16. The van der Waals surface area contributed by atoms with E-state index in [1.54, 1.807) is 34.5 Å². The maximum absolute atomic E-state index is 13.5. The lowest BCUT2D eigenvalue weighted by Crippen LogP contribution is -2.31. The number of halogens is 1. The Labute approximate surface area is 171 Å². The van der Waals surface area contributed by atoms with Crippen LogP contribution in [0.4, 0.5) is 4.39 Å². The minimum Gasteiger partial charge on any atom is -0.474 e. The van der Waals surface area contributed by atoms with Gasteiger partial charge in [0.1, 0.15) is 30.6 Å². The molecule has 4 aromatic rings. The fourth-order valence-electron chi connectivity index (χ4n) is 3.49. The highest BCUT2D eigenvalue weighted by Crippen LogP contribution is 2.34. The molecule has 144 valence electrons. The van der Waals surface area contributed by atoms with E-state index in [4.69, 9.17) is 9.73 Å². The molecule has 2 aromatic carbocycles. The van der Waals surface area contributed by atoms with Crippen LogP contribution >= 0.6 is 11.3 Å². The van der Waals surface area contributed by atoms with Crippen LogP contribution in [0.3, 0.4) is 0 Å². The van der Waals surface area contributed by atoms with Gasteiger partial charge in [-0.05, 0) is 57.8 Å². The molecule has 29 heavy (non-hydrogen) atoms. The Balaban J connectivity index is 1.50. The third-order valence-corrected chi connectivity index (χ3v) is 5.70. The van der Waals surface area contributed by atoms with Gasteiger partial charge in [0.15, 0.2) is 0 Å². The molecule has 0 aliphatic carbocycles. The molecule has 1 aliphatic rings. The molecule has 0 saturated carbocycles. The molecular weight excluding hydrogens is 387 g/mol. The highest BCUT2D eigenvalue weighted by atomic mass is 32.1. The molecule has 0 saturated heterocycles. The summed E-state index contributed by atoms with van der Waals surface area (Å²) in [6.07, 6.45) is 3.14. The van der Waals surface area contributed by atoms with E-state index in [-0.39, 0.29) is 5.82 Å². The number of aliphatic imine (C=N–C) groups is 1. The van der Waals surface area contributed by atoms with Gasteiger partial charge in [0.05, 0.1) is 6.54 Å². The van der Waals surface area contributed by atoms with Gasteiger partial charge in [0, 0.05) is 5.56 Å². The van der Waals surface area contributed by atoms with Crippen molar-refractivity contribution >= 4 is 17.2 Å². The molecule has 5 rings (SSSR count). The first kappa shape index (κ1) is 17.8. The number of nitrogens with zero attached hydrogens (tertiary/aromatic N) is 4. The zero-order valence-corrected chi connectivity index (χ0v) is 16.2. The van der Waals surface area contributed by atoms with E-state index >= 15 is 0 Å². The summed E-state index contributed by atoms with van der Waals surface area (Å²) in [5, 5.41) is 8.40. The van der Waals surface area contributed by atoms with Crippen LogP contribution in [0.2, 0.25) is 0 Å². The number of thiophene rings is 1. The molecule has 0 amide bonds. The molecule has 0 fully saturated rings. The number of ether oxygens (including phenoxy) is 1. The van der Waals surface area contributed by atoms with Crippen LogP contribution < -0.4 is 0 Å². The molecule has 0 radical (unpaired) electrons. The van der Waals surface area contributed by atoms with E-state index < -0.39 is 5.54 Å². The first-order valence-electron chi connectivity index (χ1n) is 9.16. The summed E-state index contributed by atoms with van der Waals surface area (Å²) >= 11 is 1.68. The Hall–Kier alpha value is -3.32. The van der Waals surface area contributed by atoms with Gasteiger partial charge in [-0.2, -0.15) is 16.4 Å². The van der Waals surface area contributed by atoms with Gasteiger partial charge in [0.2, 0.25) is 5.90 Å². The quantitative estimate of drug-likeness (QED) is 0.492. The predicted octanol–water partition coefficient (Wildman–Crippen LogP) is 4.52. The van der Waals surface area contributed by atoms with Gasteiger partial charge in [-0.25, -0.2) is 14.4 Å². The van der Waals surface area contributed by atoms with Gasteiger partial charge in [-0.1, -0.05) is 24.3 Å². The van der Waals surface area contributed by atoms with E-state index in [0.717, 1.165) is 16.7 Å². The number of aromatic nitrogens is 3.